The summed E-state index contributed by atoms with van der Waals surface area (Å²) < 4.78 is 19.3. The summed E-state index contributed by atoms with van der Waals surface area (Å²) in [6.45, 7) is 7.59. The first-order valence-electron chi connectivity index (χ1n) is 6.90. The molecule has 0 aliphatic heterocycles. The van der Waals surface area contributed by atoms with Crippen molar-refractivity contribution in [2.24, 2.45) is 0 Å². The van der Waals surface area contributed by atoms with Gasteiger partial charge in [-0.15, -0.1) is 11.6 Å². The maximum Gasteiger partial charge on any atom is 0.142 e. The van der Waals surface area contributed by atoms with E-state index in [1.165, 1.54) is 6.07 Å². The van der Waals surface area contributed by atoms with Gasteiger partial charge in [-0.3, -0.25) is 0 Å². The second-order valence-corrected chi connectivity index (χ2v) is 4.64. The zero-order chi connectivity index (χ0) is 14.8. The van der Waals surface area contributed by atoms with Crippen molar-refractivity contribution < 1.29 is 9.13 Å². The van der Waals surface area contributed by atoms with Gasteiger partial charge in [-0.1, -0.05) is 25.7 Å². The van der Waals surface area contributed by atoms with Crippen LogP contribution in [0.15, 0.2) is 18.2 Å². The average molecular weight is 298 g/mol. The SMILES string of the molecule is CCN(CC)CCOc1ccc(C#CCCCl)c(F)c1. The lowest BCUT2D eigenvalue weighted by molar-refractivity contribution is 0.222. The number of benzene rings is 1. The monoisotopic (exact) mass is 297 g/mol. The van der Waals surface area contributed by atoms with Crippen LogP contribution in [-0.4, -0.2) is 37.0 Å². The van der Waals surface area contributed by atoms with Crippen LogP contribution >= 0.6 is 11.6 Å². The second kappa shape index (κ2) is 9.63. The van der Waals surface area contributed by atoms with Gasteiger partial charge in [-0.25, -0.2) is 4.39 Å². The van der Waals surface area contributed by atoms with E-state index in [0.29, 0.717) is 30.2 Å². The summed E-state index contributed by atoms with van der Waals surface area (Å²) >= 11 is 5.52. The molecule has 0 radical (unpaired) electrons. The van der Waals surface area contributed by atoms with Crippen LogP contribution in [0.2, 0.25) is 0 Å². The fourth-order valence-corrected chi connectivity index (χ4v) is 1.82. The number of hydrogen-bond acceptors (Lipinski definition) is 2. The van der Waals surface area contributed by atoms with Crippen molar-refractivity contribution >= 4 is 11.6 Å². The quantitative estimate of drug-likeness (QED) is 0.564. The van der Waals surface area contributed by atoms with Gasteiger partial charge in [0.05, 0.1) is 5.56 Å². The van der Waals surface area contributed by atoms with Crippen molar-refractivity contribution in [2.75, 3.05) is 32.1 Å². The molecule has 20 heavy (non-hydrogen) atoms. The van der Waals surface area contributed by atoms with E-state index in [1.54, 1.807) is 12.1 Å². The molecule has 0 saturated heterocycles. The van der Waals surface area contributed by atoms with Crippen molar-refractivity contribution in [3.63, 3.8) is 0 Å². The van der Waals surface area contributed by atoms with Crippen molar-refractivity contribution in [1.82, 2.24) is 4.90 Å². The molecule has 0 aliphatic rings. The van der Waals surface area contributed by atoms with Crippen LogP contribution in [0.3, 0.4) is 0 Å². The molecule has 0 heterocycles. The summed E-state index contributed by atoms with van der Waals surface area (Å²) in [7, 11) is 0. The van der Waals surface area contributed by atoms with Crippen LogP contribution in [0, 0.1) is 17.7 Å². The summed E-state index contributed by atoms with van der Waals surface area (Å²) in [5.41, 5.74) is 0.381. The highest BCUT2D eigenvalue weighted by Crippen LogP contribution is 2.16. The van der Waals surface area contributed by atoms with Crippen molar-refractivity contribution in [3.05, 3.63) is 29.6 Å². The van der Waals surface area contributed by atoms with Gasteiger partial charge in [-0.2, -0.15) is 0 Å². The van der Waals surface area contributed by atoms with E-state index in [9.17, 15) is 4.39 Å². The molecule has 1 aromatic carbocycles. The van der Waals surface area contributed by atoms with E-state index < -0.39 is 0 Å². The van der Waals surface area contributed by atoms with Crippen LogP contribution in [0.4, 0.5) is 4.39 Å². The Labute approximate surface area is 125 Å². The fourth-order valence-electron chi connectivity index (χ4n) is 1.72. The van der Waals surface area contributed by atoms with Gasteiger partial charge in [-0.05, 0) is 25.2 Å². The summed E-state index contributed by atoms with van der Waals surface area (Å²) in [6.07, 6.45) is 0.559. The number of alkyl halides is 1. The average Bonchev–Trinajstić information content (AvgIpc) is 2.46. The van der Waals surface area contributed by atoms with Gasteiger partial charge >= 0.3 is 0 Å². The standard InChI is InChI=1S/C16H21ClFNO/c1-3-19(4-2)11-12-20-15-9-8-14(16(18)13-15)7-5-6-10-17/h8-9,13H,3-4,6,10-12H2,1-2H3. The molecule has 1 rings (SSSR count). The molecule has 0 bridgehead atoms. The Morgan fingerprint density at radius 2 is 2.05 bits per heavy atom. The maximum absolute atomic E-state index is 13.8. The van der Waals surface area contributed by atoms with E-state index in [1.807, 2.05) is 0 Å². The van der Waals surface area contributed by atoms with Gasteiger partial charge in [0, 0.05) is 24.9 Å². The molecule has 2 nitrogen and oxygen atoms in total. The van der Waals surface area contributed by atoms with Crippen LogP contribution < -0.4 is 4.74 Å². The van der Waals surface area contributed by atoms with E-state index in [4.69, 9.17) is 16.3 Å². The Morgan fingerprint density at radius 3 is 2.65 bits per heavy atom. The summed E-state index contributed by atoms with van der Waals surface area (Å²) in [4.78, 5) is 2.25. The highest BCUT2D eigenvalue weighted by atomic mass is 35.5. The minimum Gasteiger partial charge on any atom is -0.492 e. The smallest absolute Gasteiger partial charge is 0.142 e. The van der Waals surface area contributed by atoms with Crippen LogP contribution in [0.25, 0.3) is 0 Å². The number of likely N-dealkylation sites (N-methyl/N-ethyl adjacent to an activating group) is 1. The summed E-state index contributed by atoms with van der Waals surface area (Å²) in [5.74, 6) is 6.22. The molecule has 0 atom stereocenters. The molecule has 0 fully saturated rings. The second-order valence-electron chi connectivity index (χ2n) is 4.26. The Kier molecular flexibility index (Phi) is 8.10. The van der Waals surface area contributed by atoms with Crippen molar-refractivity contribution in [2.45, 2.75) is 20.3 Å². The molecule has 0 N–H and O–H groups in total. The lowest BCUT2D eigenvalue weighted by Gasteiger charge is -2.18. The Morgan fingerprint density at radius 1 is 1.30 bits per heavy atom. The molecule has 4 heteroatoms. The van der Waals surface area contributed by atoms with Gasteiger partial charge < -0.3 is 9.64 Å². The van der Waals surface area contributed by atoms with E-state index in [0.717, 1.165) is 19.6 Å². The van der Waals surface area contributed by atoms with Gasteiger partial charge in [0.25, 0.3) is 0 Å². The van der Waals surface area contributed by atoms with E-state index in [-0.39, 0.29) is 5.82 Å². The van der Waals surface area contributed by atoms with E-state index >= 15 is 0 Å². The Hall–Kier alpha value is -1.24. The lowest BCUT2D eigenvalue weighted by atomic mass is 10.2. The highest BCUT2D eigenvalue weighted by molar-refractivity contribution is 6.18. The van der Waals surface area contributed by atoms with Crippen LogP contribution in [-0.2, 0) is 0 Å². The molecular weight excluding hydrogens is 277 g/mol. The largest absolute Gasteiger partial charge is 0.492 e. The first-order valence-corrected chi connectivity index (χ1v) is 7.44. The Bertz CT molecular complexity index is 463. The van der Waals surface area contributed by atoms with Crippen LogP contribution in [0.5, 0.6) is 5.75 Å². The summed E-state index contributed by atoms with van der Waals surface area (Å²) in [6, 6.07) is 4.77. The molecule has 0 spiro atoms. The molecule has 0 amide bonds. The topological polar surface area (TPSA) is 12.5 Å². The van der Waals surface area contributed by atoms with Crippen molar-refractivity contribution in [1.29, 1.82) is 0 Å². The third-order valence-electron chi connectivity index (χ3n) is 2.95. The zero-order valence-electron chi connectivity index (χ0n) is 12.1. The molecule has 0 aromatic heterocycles. The molecule has 0 unspecified atom stereocenters. The number of ether oxygens (including phenoxy) is 1. The predicted octanol–water partition coefficient (Wildman–Crippen LogP) is 3.53. The third-order valence-corrected chi connectivity index (χ3v) is 3.14. The highest BCUT2D eigenvalue weighted by Gasteiger charge is 2.03. The molecule has 1 aromatic rings. The third kappa shape index (κ3) is 5.81. The Balaban J connectivity index is 2.53. The van der Waals surface area contributed by atoms with E-state index in [2.05, 4.69) is 30.6 Å². The zero-order valence-corrected chi connectivity index (χ0v) is 12.8. The number of nitrogens with zero attached hydrogens (tertiary/aromatic N) is 1. The minimum atomic E-state index is -0.354. The lowest BCUT2D eigenvalue weighted by Crippen LogP contribution is -2.27. The molecule has 0 aliphatic carbocycles. The number of rotatable bonds is 7. The van der Waals surface area contributed by atoms with Gasteiger partial charge in [0.1, 0.15) is 18.2 Å². The van der Waals surface area contributed by atoms with Gasteiger partial charge in [0.15, 0.2) is 0 Å². The predicted molar refractivity (Wildman–Crippen MR) is 81.9 cm³/mol. The first-order chi connectivity index (χ1) is 9.71. The number of halogens is 2. The van der Waals surface area contributed by atoms with Crippen LogP contribution in [0.1, 0.15) is 25.8 Å². The number of hydrogen-bond donors (Lipinski definition) is 0. The maximum atomic E-state index is 13.8. The normalized spacial score (nSPS) is 10.2. The fraction of sp³-hybridized carbons (Fsp3) is 0.500. The summed E-state index contributed by atoms with van der Waals surface area (Å²) in [5, 5.41) is 0. The minimum absolute atomic E-state index is 0.354. The molecule has 0 saturated carbocycles. The van der Waals surface area contributed by atoms with Crippen molar-refractivity contribution in [3.8, 4) is 17.6 Å². The van der Waals surface area contributed by atoms with Gasteiger partial charge in [0.2, 0.25) is 0 Å². The molecular formula is C16H21ClFNO. The molecule has 110 valence electrons. The first kappa shape index (κ1) is 16.8.